The van der Waals surface area contributed by atoms with E-state index < -0.39 is 0 Å². The van der Waals surface area contributed by atoms with Crippen molar-refractivity contribution >= 4 is 11.6 Å². The van der Waals surface area contributed by atoms with Gasteiger partial charge >= 0.3 is 0 Å². The molecule has 1 atom stereocenters. The second-order valence-corrected chi connectivity index (χ2v) is 5.57. The van der Waals surface area contributed by atoms with Gasteiger partial charge in [-0.25, -0.2) is 0 Å². The summed E-state index contributed by atoms with van der Waals surface area (Å²) in [4.78, 5) is 14.0. The molecule has 2 N–H and O–H groups in total. The van der Waals surface area contributed by atoms with Crippen LogP contribution in [0.5, 0.6) is 0 Å². The Morgan fingerprint density at radius 3 is 2.70 bits per heavy atom. The Labute approximate surface area is 121 Å². The predicted octanol–water partition coefficient (Wildman–Crippen LogP) is 1.77. The lowest BCUT2D eigenvalue weighted by Crippen LogP contribution is -2.43. The van der Waals surface area contributed by atoms with Crippen molar-refractivity contribution in [3.63, 3.8) is 0 Å². The van der Waals surface area contributed by atoms with Gasteiger partial charge in [0.15, 0.2) is 0 Å². The predicted molar refractivity (Wildman–Crippen MR) is 83.0 cm³/mol. The van der Waals surface area contributed by atoms with Gasteiger partial charge in [-0.2, -0.15) is 0 Å². The first kappa shape index (κ1) is 14.9. The molecule has 0 spiro atoms. The fourth-order valence-corrected chi connectivity index (χ4v) is 2.09. The van der Waals surface area contributed by atoms with E-state index in [1.807, 2.05) is 25.1 Å². The minimum atomic E-state index is -0.0994. The van der Waals surface area contributed by atoms with Crippen LogP contribution in [0, 0.1) is 0 Å². The molecule has 110 valence electrons. The number of para-hydroxylation sites is 1. The Bertz CT molecular complexity index is 417. The van der Waals surface area contributed by atoms with Crippen LogP contribution >= 0.6 is 0 Å². The van der Waals surface area contributed by atoms with Crippen molar-refractivity contribution in [2.24, 2.45) is 0 Å². The highest BCUT2D eigenvalue weighted by Gasteiger charge is 2.25. The Morgan fingerprint density at radius 2 is 2.05 bits per heavy atom. The molecule has 4 heteroatoms. The first-order chi connectivity index (χ1) is 9.66. The van der Waals surface area contributed by atoms with Gasteiger partial charge in [0, 0.05) is 25.3 Å². The maximum Gasteiger partial charge on any atom is 0.237 e. The number of rotatable bonds is 8. The van der Waals surface area contributed by atoms with E-state index in [4.69, 9.17) is 0 Å². The zero-order valence-corrected chi connectivity index (χ0v) is 12.4. The molecule has 2 rings (SSSR count). The molecule has 0 aliphatic heterocycles. The third-order valence-corrected chi connectivity index (χ3v) is 3.63. The summed E-state index contributed by atoms with van der Waals surface area (Å²) < 4.78 is 0. The van der Waals surface area contributed by atoms with Gasteiger partial charge in [0.25, 0.3) is 0 Å². The first-order valence-electron chi connectivity index (χ1n) is 7.47. The van der Waals surface area contributed by atoms with E-state index >= 15 is 0 Å². The normalized spacial score (nSPS) is 15.7. The molecule has 0 aromatic heterocycles. The van der Waals surface area contributed by atoms with E-state index in [2.05, 4.69) is 34.7 Å². The van der Waals surface area contributed by atoms with E-state index in [1.165, 1.54) is 5.69 Å². The number of carbonyl (C=O) groups excluding carboxylic acids is 1. The standard InChI is InChI=1S/C16H25N3O/c1-13(16(20)18-14-9-10-14)17-11-6-12-19(2)15-7-4-3-5-8-15/h3-5,7-8,13-14,17H,6,9-12H2,1-2H3,(H,18,20). The van der Waals surface area contributed by atoms with Crippen LogP contribution < -0.4 is 15.5 Å². The minimum absolute atomic E-state index is 0.0994. The molecular formula is C16H25N3O. The van der Waals surface area contributed by atoms with Gasteiger partial charge in [-0.3, -0.25) is 4.79 Å². The molecule has 20 heavy (non-hydrogen) atoms. The van der Waals surface area contributed by atoms with Crippen LogP contribution in [0.15, 0.2) is 30.3 Å². The van der Waals surface area contributed by atoms with Crippen LogP contribution in [0.4, 0.5) is 5.69 Å². The van der Waals surface area contributed by atoms with Crippen molar-refractivity contribution in [2.75, 3.05) is 25.0 Å². The summed E-state index contributed by atoms with van der Waals surface area (Å²) in [5, 5.41) is 6.30. The number of hydrogen-bond acceptors (Lipinski definition) is 3. The summed E-state index contributed by atoms with van der Waals surface area (Å²) in [7, 11) is 2.10. The molecule has 1 unspecified atom stereocenters. The number of carbonyl (C=O) groups is 1. The van der Waals surface area contributed by atoms with Crippen molar-refractivity contribution in [2.45, 2.75) is 38.3 Å². The van der Waals surface area contributed by atoms with Gasteiger partial charge in [-0.1, -0.05) is 18.2 Å². The van der Waals surface area contributed by atoms with E-state index in [1.54, 1.807) is 0 Å². The zero-order chi connectivity index (χ0) is 14.4. The fourth-order valence-electron chi connectivity index (χ4n) is 2.09. The monoisotopic (exact) mass is 275 g/mol. The molecule has 0 radical (unpaired) electrons. The van der Waals surface area contributed by atoms with Crippen LogP contribution in [0.25, 0.3) is 0 Å². The molecule has 1 aromatic rings. The lowest BCUT2D eigenvalue weighted by atomic mass is 10.2. The van der Waals surface area contributed by atoms with Crippen LogP contribution in [0.3, 0.4) is 0 Å². The third-order valence-electron chi connectivity index (χ3n) is 3.63. The number of amides is 1. The van der Waals surface area contributed by atoms with E-state index in [9.17, 15) is 4.79 Å². The molecule has 0 saturated heterocycles. The topological polar surface area (TPSA) is 44.4 Å². The second kappa shape index (κ2) is 7.29. The molecule has 1 aliphatic rings. The van der Waals surface area contributed by atoms with E-state index in [0.29, 0.717) is 6.04 Å². The van der Waals surface area contributed by atoms with Gasteiger partial charge in [0.05, 0.1) is 6.04 Å². The van der Waals surface area contributed by atoms with Gasteiger partial charge in [-0.15, -0.1) is 0 Å². The van der Waals surface area contributed by atoms with Crippen molar-refractivity contribution in [1.82, 2.24) is 10.6 Å². The summed E-state index contributed by atoms with van der Waals surface area (Å²) in [6.07, 6.45) is 3.30. The fraction of sp³-hybridized carbons (Fsp3) is 0.562. The highest BCUT2D eigenvalue weighted by molar-refractivity contribution is 5.81. The summed E-state index contributed by atoms with van der Waals surface area (Å²) in [5.41, 5.74) is 1.23. The second-order valence-electron chi connectivity index (χ2n) is 5.57. The van der Waals surface area contributed by atoms with Gasteiger partial charge in [0.2, 0.25) is 5.91 Å². The average Bonchev–Trinajstić information content (AvgIpc) is 3.28. The Balaban J connectivity index is 1.59. The van der Waals surface area contributed by atoms with Crippen molar-refractivity contribution in [3.05, 3.63) is 30.3 Å². The lowest BCUT2D eigenvalue weighted by Gasteiger charge is -2.20. The van der Waals surface area contributed by atoms with Crippen molar-refractivity contribution < 1.29 is 4.79 Å². The Kier molecular flexibility index (Phi) is 5.41. The third kappa shape index (κ3) is 4.85. The van der Waals surface area contributed by atoms with Gasteiger partial charge in [0.1, 0.15) is 0 Å². The Morgan fingerprint density at radius 1 is 1.35 bits per heavy atom. The number of nitrogens with zero attached hydrogens (tertiary/aromatic N) is 1. The number of nitrogens with one attached hydrogen (secondary N) is 2. The average molecular weight is 275 g/mol. The van der Waals surface area contributed by atoms with Crippen LogP contribution in [-0.4, -0.2) is 38.1 Å². The van der Waals surface area contributed by atoms with Crippen LogP contribution in [-0.2, 0) is 4.79 Å². The number of benzene rings is 1. The summed E-state index contributed by atoms with van der Waals surface area (Å²) in [6, 6.07) is 10.7. The maximum atomic E-state index is 11.8. The zero-order valence-electron chi connectivity index (χ0n) is 12.4. The largest absolute Gasteiger partial charge is 0.375 e. The Hall–Kier alpha value is -1.55. The summed E-state index contributed by atoms with van der Waals surface area (Å²) >= 11 is 0. The van der Waals surface area contributed by atoms with E-state index in [0.717, 1.165) is 32.4 Å². The SMILES string of the molecule is CC(NCCCN(C)c1ccccc1)C(=O)NC1CC1. The molecule has 0 bridgehead atoms. The van der Waals surface area contributed by atoms with Crippen molar-refractivity contribution in [3.8, 4) is 0 Å². The highest BCUT2D eigenvalue weighted by Crippen LogP contribution is 2.18. The maximum absolute atomic E-state index is 11.8. The van der Waals surface area contributed by atoms with Crippen LogP contribution in [0.1, 0.15) is 26.2 Å². The molecule has 1 saturated carbocycles. The highest BCUT2D eigenvalue weighted by atomic mass is 16.2. The lowest BCUT2D eigenvalue weighted by molar-refractivity contribution is -0.122. The first-order valence-corrected chi connectivity index (χ1v) is 7.47. The number of anilines is 1. The molecule has 1 amide bonds. The smallest absolute Gasteiger partial charge is 0.237 e. The molecule has 1 aliphatic carbocycles. The quantitative estimate of drug-likeness (QED) is 0.711. The molecule has 0 heterocycles. The molecule has 4 nitrogen and oxygen atoms in total. The van der Waals surface area contributed by atoms with Crippen molar-refractivity contribution in [1.29, 1.82) is 0 Å². The summed E-state index contributed by atoms with van der Waals surface area (Å²) in [5.74, 6) is 0.129. The minimum Gasteiger partial charge on any atom is -0.375 e. The molecule has 1 fully saturated rings. The molecule has 1 aromatic carbocycles. The summed E-state index contributed by atoms with van der Waals surface area (Å²) in [6.45, 7) is 3.77. The van der Waals surface area contributed by atoms with Gasteiger partial charge < -0.3 is 15.5 Å². The van der Waals surface area contributed by atoms with Crippen LogP contribution in [0.2, 0.25) is 0 Å². The van der Waals surface area contributed by atoms with Gasteiger partial charge in [-0.05, 0) is 44.9 Å². The molecular weight excluding hydrogens is 250 g/mol. The number of hydrogen-bond donors (Lipinski definition) is 2. The van der Waals surface area contributed by atoms with E-state index in [-0.39, 0.29) is 11.9 Å².